The number of nitrogens with zero attached hydrogens (tertiary/aromatic N) is 4. The van der Waals surface area contributed by atoms with E-state index in [1.807, 2.05) is 0 Å². The number of carbonyl (C=O) groups excluding carboxylic acids is 2. The fraction of sp³-hybridized carbons (Fsp3) is 0.286. The first-order chi connectivity index (χ1) is 16.5. The summed E-state index contributed by atoms with van der Waals surface area (Å²) in [5.41, 5.74) is -1.65. The van der Waals surface area contributed by atoms with Crippen LogP contribution in [-0.2, 0) is 4.79 Å². The maximum absolute atomic E-state index is 12.5. The molecular weight excluding hydrogens is 468 g/mol. The summed E-state index contributed by atoms with van der Waals surface area (Å²) in [6.45, 7) is 1.22. The van der Waals surface area contributed by atoms with E-state index in [-0.39, 0.29) is 17.5 Å². The highest BCUT2D eigenvalue weighted by Gasteiger charge is 2.37. The molecule has 0 spiro atoms. The van der Waals surface area contributed by atoms with Crippen LogP contribution in [0.15, 0.2) is 36.4 Å². The van der Waals surface area contributed by atoms with Gasteiger partial charge in [0.2, 0.25) is 17.4 Å². The monoisotopic (exact) mass is 488 g/mol. The van der Waals surface area contributed by atoms with Crippen molar-refractivity contribution in [2.45, 2.75) is 18.9 Å². The summed E-state index contributed by atoms with van der Waals surface area (Å²) in [5, 5.41) is 48.6. The van der Waals surface area contributed by atoms with Crippen LogP contribution in [0.2, 0.25) is 0 Å². The van der Waals surface area contributed by atoms with Crippen LogP contribution >= 0.6 is 0 Å². The number of para-hydroxylation sites is 2. The summed E-state index contributed by atoms with van der Waals surface area (Å²) in [7, 11) is 0. The van der Waals surface area contributed by atoms with Gasteiger partial charge in [0, 0.05) is 44.2 Å². The van der Waals surface area contributed by atoms with E-state index in [9.17, 15) is 39.7 Å². The molecule has 184 valence electrons. The van der Waals surface area contributed by atoms with Gasteiger partial charge in [-0.3, -0.25) is 29.8 Å². The number of hydrogen-bond donors (Lipinski definition) is 3. The number of phenols is 2. The molecule has 14 nitrogen and oxygen atoms in total. The molecule has 2 saturated heterocycles. The Morgan fingerprint density at radius 3 is 2.00 bits per heavy atom. The van der Waals surface area contributed by atoms with Crippen LogP contribution in [0.5, 0.6) is 11.5 Å². The number of fused-ring (bicyclic) bond motifs is 1. The lowest BCUT2D eigenvalue weighted by molar-refractivity contribution is -0.386. The highest BCUT2D eigenvalue weighted by atomic mass is 16.6. The molecule has 2 aromatic carbocycles. The Hall–Kier alpha value is -4.75. The van der Waals surface area contributed by atoms with Gasteiger partial charge in [-0.05, 0) is 18.6 Å². The van der Waals surface area contributed by atoms with Crippen molar-refractivity contribution in [1.29, 1.82) is 0 Å². The molecule has 2 amide bonds. The summed E-state index contributed by atoms with van der Waals surface area (Å²) in [4.78, 5) is 57.4. The highest BCUT2D eigenvalue weighted by Crippen LogP contribution is 2.32. The quantitative estimate of drug-likeness (QED) is 0.420. The first-order valence-corrected chi connectivity index (χ1v) is 10.3. The van der Waals surface area contributed by atoms with Crippen molar-refractivity contribution in [3.8, 4) is 11.5 Å². The predicted molar refractivity (Wildman–Crippen MR) is 117 cm³/mol. The number of aromatic hydroxyl groups is 2. The molecule has 0 aliphatic carbocycles. The van der Waals surface area contributed by atoms with E-state index in [4.69, 9.17) is 10.2 Å². The number of rotatable bonds is 4. The van der Waals surface area contributed by atoms with Gasteiger partial charge in [-0.15, -0.1) is 0 Å². The van der Waals surface area contributed by atoms with Crippen molar-refractivity contribution in [3.63, 3.8) is 0 Å². The third-order valence-corrected chi connectivity index (χ3v) is 5.67. The average molecular weight is 488 g/mol. The zero-order valence-corrected chi connectivity index (χ0v) is 18.1. The van der Waals surface area contributed by atoms with E-state index in [1.165, 1.54) is 18.2 Å². The summed E-state index contributed by atoms with van der Waals surface area (Å²) in [6, 6.07) is 7.22. The predicted octanol–water partition coefficient (Wildman–Crippen LogP) is 1.75. The fourth-order valence-corrected chi connectivity index (χ4v) is 3.92. The Balaban J connectivity index is 0.000000225. The summed E-state index contributed by atoms with van der Waals surface area (Å²) >= 11 is 0. The van der Waals surface area contributed by atoms with Crippen LogP contribution in [0, 0.1) is 20.2 Å². The molecule has 2 aliphatic heterocycles. The number of piperazine rings is 1. The van der Waals surface area contributed by atoms with Gasteiger partial charge in [-0.1, -0.05) is 12.1 Å². The Morgan fingerprint density at radius 1 is 0.914 bits per heavy atom. The van der Waals surface area contributed by atoms with E-state index in [1.54, 1.807) is 9.80 Å². The molecule has 2 aromatic rings. The number of carboxylic acids is 1. The van der Waals surface area contributed by atoms with Gasteiger partial charge in [0.05, 0.1) is 15.4 Å². The van der Waals surface area contributed by atoms with Crippen molar-refractivity contribution in [2.75, 3.05) is 19.6 Å². The first-order valence-electron chi connectivity index (χ1n) is 10.3. The van der Waals surface area contributed by atoms with Gasteiger partial charge in [-0.25, -0.2) is 4.79 Å². The van der Waals surface area contributed by atoms with Gasteiger partial charge >= 0.3 is 17.3 Å². The number of nitro benzene ring substituents is 2. The number of nitro groups is 2. The molecule has 0 saturated carbocycles. The molecule has 1 unspecified atom stereocenters. The van der Waals surface area contributed by atoms with E-state index in [2.05, 4.69) is 0 Å². The lowest BCUT2D eigenvalue weighted by Gasteiger charge is -2.37. The number of benzene rings is 2. The van der Waals surface area contributed by atoms with Crippen LogP contribution in [-0.4, -0.2) is 78.4 Å². The minimum absolute atomic E-state index is 0.00559. The maximum Gasteiger partial charge on any atom is 0.339 e. The second kappa shape index (κ2) is 10.0. The van der Waals surface area contributed by atoms with Crippen LogP contribution < -0.4 is 0 Å². The largest absolute Gasteiger partial charge is 0.502 e. The Morgan fingerprint density at radius 2 is 1.46 bits per heavy atom. The van der Waals surface area contributed by atoms with Crippen LogP contribution in [0.3, 0.4) is 0 Å². The molecule has 2 heterocycles. The van der Waals surface area contributed by atoms with E-state index < -0.39 is 50.2 Å². The molecule has 0 aromatic heterocycles. The molecule has 2 fully saturated rings. The zero-order chi connectivity index (χ0) is 25.9. The van der Waals surface area contributed by atoms with Gasteiger partial charge in [-0.2, -0.15) is 0 Å². The minimum atomic E-state index is -1.40. The van der Waals surface area contributed by atoms with E-state index in [0.29, 0.717) is 32.5 Å². The van der Waals surface area contributed by atoms with Crippen LogP contribution in [0.4, 0.5) is 11.4 Å². The van der Waals surface area contributed by atoms with Crippen molar-refractivity contribution >= 4 is 29.2 Å². The number of aromatic carboxylic acids is 1. The fourth-order valence-electron chi connectivity index (χ4n) is 3.92. The molecular formula is C21H20N4O10. The molecule has 14 heteroatoms. The van der Waals surface area contributed by atoms with Gasteiger partial charge in [0.25, 0.3) is 5.91 Å². The smallest absolute Gasteiger partial charge is 0.339 e. The molecule has 1 atom stereocenters. The number of amides is 2. The Labute approximate surface area is 196 Å². The average Bonchev–Trinajstić information content (AvgIpc) is 3.18. The Kier molecular flexibility index (Phi) is 7.13. The van der Waals surface area contributed by atoms with Gasteiger partial charge < -0.3 is 25.1 Å². The summed E-state index contributed by atoms with van der Waals surface area (Å²) < 4.78 is 0. The standard InChI is InChI=1S/C14H15N3O5.C7H5NO5/c18-12-5-4-9-8-15(6-7-16(9)12)14(20)10-2-1-3-11(13(10)19)17(21)22;9-6-4(7(10)11)2-1-3-5(6)8(12)13/h1-3,9,19H,4-8H2;1-3,9H,(H,10,11). The summed E-state index contributed by atoms with van der Waals surface area (Å²) in [5.74, 6) is -3.17. The third-order valence-electron chi connectivity index (χ3n) is 5.67. The second-order valence-electron chi connectivity index (χ2n) is 7.70. The lowest BCUT2D eigenvalue weighted by atomic mass is 10.1. The summed E-state index contributed by atoms with van der Waals surface area (Å²) in [6.07, 6.45) is 1.21. The molecule has 0 bridgehead atoms. The number of carbonyl (C=O) groups is 3. The van der Waals surface area contributed by atoms with Gasteiger partial charge in [0.15, 0.2) is 0 Å². The highest BCUT2D eigenvalue weighted by molar-refractivity contribution is 5.98. The third kappa shape index (κ3) is 5.10. The molecule has 2 aliphatic rings. The van der Waals surface area contributed by atoms with Gasteiger partial charge in [0.1, 0.15) is 5.56 Å². The van der Waals surface area contributed by atoms with Crippen molar-refractivity contribution in [1.82, 2.24) is 9.80 Å². The molecule has 3 N–H and O–H groups in total. The normalized spacial score (nSPS) is 16.7. The number of carboxylic acid groups (broad SMARTS) is 1. The molecule has 35 heavy (non-hydrogen) atoms. The lowest BCUT2D eigenvalue weighted by Crippen LogP contribution is -2.53. The van der Waals surface area contributed by atoms with Crippen molar-refractivity contribution in [3.05, 3.63) is 67.8 Å². The number of hydrogen-bond acceptors (Lipinski definition) is 9. The Bertz CT molecular complexity index is 1180. The maximum atomic E-state index is 12.5. The topological polar surface area (TPSA) is 205 Å². The van der Waals surface area contributed by atoms with Crippen LogP contribution in [0.1, 0.15) is 33.6 Å². The molecule has 4 rings (SSSR count). The first kappa shape index (κ1) is 24.9. The van der Waals surface area contributed by atoms with E-state index in [0.717, 1.165) is 18.2 Å². The zero-order valence-electron chi connectivity index (χ0n) is 18.1. The minimum Gasteiger partial charge on any atom is -0.502 e. The van der Waals surface area contributed by atoms with Crippen molar-refractivity contribution in [2.24, 2.45) is 0 Å². The van der Waals surface area contributed by atoms with E-state index >= 15 is 0 Å². The second-order valence-corrected chi connectivity index (χ2v) is 7.70. The molecule has 0 radical (unpaired) electrons. The van der Waals surface area contributed by atoms with Crippen LogP contribution in [0.25, 0.3) is 0 Å². The SMILES string of the molecule is O=C(O)c1cccc([N+](=O)[O-])c1O.O=C(c1cccc([N+](=O)[O-])c1O)N1CCN2C(=O)CCC2C1. The number of phenolic OH excluding ortho intramolecular Hbond substituents is 1. The van der Waals surface area contributed by atoms with Crippen molar-refractivity contribution < 1.29 is 39.5 Å².